The van der Waals surface area contributed by atoms with Gasteiger partial charge in [0.15, 0.2) is 11.5 Å². The van der Waals surface area contributed by atoms with Crippen LogP contribution in [0.2, 0.25) is 0 Å². The van der Waals surface area contributed by atoms with Gasteiger partial charge in [-0.2, -0.15) is 8.42 Å². The van der Waals surface area contributed by atoms with E-state index in [0.717, 1.165) is 29.2 Å². The molecule has 0 saturated carbocycles. The van der Waals surface area contributed by atoms with Crippen LogP contribution in [-0.4, -0.2) is 44.8 Å². The number of benzene rings is 2. The number of carbonyl (C=O) groups excluding carboxylic acids is 3. The summed E-state index contributed by atoms with van der Waals surface area (Å²) in [5, 5.41) is 2.06. The minimum atomic E-state index is -4.27. The molecular formula is C21H17FN2O7S. The van der Waals surface area contributed by atoms with Gasteiger partial charge in [-0.1, -0.05) is 12.1 Å². The molecule has 1 saturated heterocycles. The fraction of sp³-hybridized carbons (Fsp3) is 0.0952. The first-order chi connectivity index (χ1) is 15.2. The van der Waals surface area contributed by atoms with Crippen molar-refractivity contribution in [2.45, 2.75) is 4.90 Å². The molecule has 9 nitrogen and oxygen atoms in total. The lowest BCUT2D eigenvalue weighted by molar-refractivity contribution is -0.129. The third-order valence-electron chi connectivity index (χ3n) is 4.30. The number of urea groups is 1. The quantitative estimate of drug-likeness (QED) is 0.291. The number of carbonyl (C=O) groups is 3. The number of rotatable bonds is 7. The fourth-order valence-corrected chi connectivity index (χ4v) is 3.71. The summed E-state index contributed by atoms with van der Waals surface area (Å²) in [5.41, 5.74) is 0.000822. The van der Waals surface area contributed by atoms with E-state index in [1.165, 1.54) is 37.5 Å². The number of hydrogen-bond donors (Lipinski definition) is 1. The third-order valence-corrected chi connectivity index (χ3v) is 5.55. The smallest absolute Gasteiger partial charge is 0.339 e. The molecule has 1 aliphatic heterocycles. The van der Waals surface area contributed by atoms with Crippen molar-refractivity contribution in [2.24, 2.45) is 0 Å². The summed E-state index contributed by atoms with van der Waals surface area (Å²) in [6.45, 7) is 3.37. The zero-order valence-electron chi connectivity index (χ0n) is 16.7. The zero-order chi connectivity index (χ0) is 23.5. The molecule has 32 heavy (non-hydrogen) atoms. The standard InChI is InChI=1S/C21H17FN2O7S/c1-3-10-24-20(26)16(19(25)23-21(24)27)11-13-4-9-17(18(12-13)30-2)31-32(28,29)15-7-5-14(22)6-8-15/h3-9,11-12H,1,10H2,2H3,(H,23,25,27)/b16-11-. The van der Waals surface area contributed by atoms with Gasteiger partial charge in [0.1, 0.15) is 16.3 Å². The van der Waals surface area contributed by atoms with E-state index >= 15 is 0 Å². The van der Waals surface area contributed by atoms with Crippen LogP contribution in [0.1, 0.15) is 5.56 Å². The van der Waals surface area contributed by atoms with Gasteiger partial charge in [0.2, 0.25) is 0 Å². The Bertz CT molecular complexity index is 1240. The van der Waals surface area contributed by atoms with Crippen molar-refractivity contribution < 1.29 is 36.1 Å². The Kier molecular flexibility index (Phi) is 6.40. The van der Waals surface area contributed by atoms with Crippen LogP contribution in [0.15, 0.2) is 65.6 Å². The highest BCUT2D eigenvalue weighted by atomic mass is 32.2. The van der Waals surface area contributed by atoms with Gasteiger partial charge in [-0.05, 0) is 48.0 Å². The highest BCUT2D eigenvalue weighted by Gasteiger charge is 2.35. The number of ether oxygens (including phenoxy) is 1. The SMILES string of the molecule is C=CCN1C(=O)NC(=O)/C(=C/c2ccc(OS(=O)(=O)c3ccc(F)cc3)c(OC)c2)C1=O. The van der Waals surface area contributed by atoms with E-state index in [9.17, 15) is 27.2 Å². The molecule has 166 valence electrons. The van der Waals surface area contributed by atoms with Crippen LogP contribution in [0.4, 0.5) is 9.18 Å². The predicted molar refractivity (Wildman–Crippen MR) is 111 cm³/mol. The lowest BCUT2D eigenvalue weighted by Gasteiger charge is -2.25. The lowest BCUT2D eigenvalue weighted by atomic mass is 10.1. The van der Waals surface area contributed by atoms with Crippen LogP contribution in [0.3, 0.4) is 0 Å². The highest BCUT2D eigenvalue weighted by Crippen LogP contribution is 2.32. The first kappa shape index (κ1) is 22.7. The maximum Gasteiger partial charge on any atom is 0.339 e. The number of nitrogens with one attached hydrogen (secondary N) is 1. The molecule has 1 aliphatic rings. The predicted octanol–water partition coefficient (Wildman–Crippen LogP) is 2.25. The summed E-state index contributed by atoms with van der Waals surface area (Å²) in [4.78, 5) is 37.0. The van der Waals surface area contributed by atoms with Gasteiger partial charge in [0, 0.05) is 6.54 Å². The van der Waals surface area contributed by atoms with Crippen LogP contribution >= 0.6 is 0 Å². The fourth-order valence-electron chi connectivity index (χ4n) is 2.77. The Morgan fingerprint density at radius 3 is 2.41 bits per heavy atom. The van der Waals surface area contributed by atoms with E-state index in [4.69, 9.17) is 8.92 Å². The number of nitrogens with zero attached hydrogens (tertiary/aromatic N) is 1. The normalized spacial score (nSPS) is 15.5. The van der Waals surface area contributed by atoms with Gasteiger partial charge in [0.05, 0.1) is 7.11 Å². The van der Waals surface area contributed by atoms with Crippen LogP contribution in [0.5, 0.6) is 11.5 Å². The third kappa shape index (κ3) is 4.67. The Morgan fingerprint density at radius 2 is 1.78 bits per heavy atom. The van der Waals surface area contributed by atoms with E-state index in [-0.39, 0.29) is 28.5 Å². The minimum Gasteiger partial charge on any atom is -0.493 e. The van der Waals surface area contributed by atoms with E-state index in [2.05, 4.69) is 11.9 Å². The Hall–Kier alpha value is -3.99. The first-order valence-corrected chi connectivity index (χ1v) is 10.4. The van der Waals surface area contributed by atoms with E-state index in [0.29, 0.717) is 5.56 Å². The Morgan fingerprint density at radius 1 is 1.09 bits per heavy atom. The van der Waals surface area contributed by atoms with Gasteiger partial charge in [-0.15, -0.1) is 6.58 Å². The Balaban J connectivity index is 1.92. The second-order valence-electron chi connectivity index (χ2n) is 6.42. The largest absolute Gasteiger partial charge is 0.493 e. The van der Waals surface area contributed by atoms with Crippen LogP contribution in [0.25, 0.3) is 6.08 Å². The van der Waals surface area contributed by atoms with E-state index < -0.39 is 33.8 Å². The van der Waals surface area contributed by atoms with Crippen molar-refractivity contribution in [2.75, 3.05) is 13.7 Å². The minimum absolute atomic E-state index is 0.00673. The molecule has 1 heterocycles. The second-order valence-corrected chi connectivity index (χ2v) is 7.97. The van der Waals surface area contributed by atoms with Crippen LogP contribution in [0, 0.1) is 5.82 Å². The van der Waals surface area contributed by atoms with E-state index in [1.54, 1.807) is 0 Å². The van der Waals surface area contributed by atoms with E-state index in [1.807, 2.05) is 0 Å². The van der Waals surface area contributed by atoms with Gasteiger partial charge < -0.3 is 8.92 Å². The number of barbiturate groups is 1. The van der Waals surface area contributed by atoms with Gasteiger partial charge in [0.25, 0.3) is 11.8 Å². The summed E-state index contributed by atoms with van der Waals surface area (Å²) < 4.78 is 48.2. The Labute approximate surface area is 182 Å². The highest BCUT2D eigenvalue weighted by molar-refractivity contribution is 7.87. The van der Waals surface area contributed by atoms with Crippen molar-refractivity contribution in [1.29, 1.82) is 0 Å². The van der Waals surface area contributed by atoms with Crippen molar-refractivity contribution in [3.8, 4) is 11.5 Å². The molecule has 2 aromatic rings. The zero-order valence-corrected chi connectivity index (χ0v) is 17.5. The number of methoxy groups -OCH3 is 1. The molecule has 0 bridgehead atoms. The number of hydrogen-bond acceptors (Lipinski definition) is 7. The maximum absolute atomic E-state index is 13.1. The average molecular weight is 460 g/mol. The van der Waals surface area contributed by atoms with Crippen molar-refractivity contribution in [3.05, 3.63) is 72.1 Å². The summed E-state index contributed by atoms with van der Waals surface area (Å²) in [6, 6.07) is 7.22. The molecule has 0 radical (unpaired) electrons. The van der Waals surface area contributed by atoms with Crippen molar-refractivity contribution >= 4 is 34.0 Å². The summed E-state index contributed by atoms with van der Waals surface area (Å²) in [6.07, 6.45) is 2.56. The molecule has 11 heteroatoms. The van der Waals surface area contributed by atoms with Crippen molar-refractivity contribution in [3.63, 3.8) is 0 Å². The number of amides is 4. The average Bonchev–Trinajstić information content (AvgIpc) is 2.75. The molecule has 3 rings (SSSR count). The van der Waals surface area contributed by atoms with Crippen LogP contribution < -0.4 is 14.2 Å². The summed E-state index contributed by atoms with van der Waals surface area (Å²) >= 11 is 0. The topological polar surface area (TPSA) is 119 Å². The number of halogens is 1. The number of imide groups is 2. The monoisotopic (exact) mass is 460 g/mol. The molecule has 0 aliphatic carbocycles. The molecule has 0 unspecified atom stereocenters. The summed E-state index contributed by atoms with van der Waals surface area (Å²) in [7, 11) is -3.00. The van der Waals surface area contributed by atoms with Gasteiger partial charge in [-0.3, -0.25) is 19.8 Å². The lowest BCUT2D eigenvalue weighted by Crippen LogP contribution is -2.54. The molecule has 1 N–H and O–H groups in total. The molecule has 1 fully saturated rings. The van der Waals surface area contributed by atoms with Gasteiger partial charge >= 0.3 is 16.1 Å². The summed E-state index contributed by atoms with van der Waals surface area (Å²) in [5.74, 6) is -2.46. The van der Waals surface area contributed by atoms with Crippen molar-refractivity contribution in [1.82, 2.24) is 10.2 Å². The first-order valence-electron chi connectivity index (χ1n) is 9.04. The van der Waals surface area contributed by atoms with Crippen LogP contribution in [-0.2, 0) is 19.7 Å². The molecule has 0 spiro atoms. The molecule has 0 aromatic heterocycles. The molecule has 2 aromatic carbocycles. The second kappa shape index (κ2) is 9.02. The molecule has 4 amide bonds. The van der Waals surface area contributed by atoms with Gasteiger partial charge in [-0.25, -0.2) is 9.18 Å². The maximum atomic E-state index is 13.1. The molecule has 0 atom stereocenters. The molecular weight excluding hydrogens is 443 g/mol.